The van der Waals surface area contributed by atoms with E-state index < -0.39 is 0 Å². The van der Waals surface area contributed by atoms with Crippen LogP contribution in [0.2, 0.25) is 0 Å². The van der Waals surface area contributed by atoms with Gasteiger partial charge in [0.1, 0.15) is 0 Å². The lowest BCUT2D eigenvalue weighted by atomic mass is 10.1. The quantitative estimate of drug-likeness (QED) is 0.723. The van der Waals surface area contributed by atoms with Crippen molar-refractivity contribution in [2.45, 2.75) is 71.5 Å². The third kappa shape index (κ3) is 3.21. The zero-order valence-corrected chi connectivity index (χ0v) is 11.0. The Morgan fingerprint density at radius 1 is 1.12 bits per heavy atom. The first-order chi connectivity index (χ1) is 7.74. The molecule has 0 radical (unpaired) electrons. The number of hydrogen-bond donors (Lipinski definition) is 1. The molecule has 0 aromatic carbocycles. The van der Waals surface area contributed by atoms with Crippen LogP contribution in [0.1, 0.15) is 59.3 Å². The number of nitrogens with zero attached hydrogens (tertiary/aromatic N) is 1. The van der Waals surface area contributed by atoms with Crippen LogP contribution >= 0.6 is 0 Å². The van der Waals surface area contributed by atoms with E-state index >= 15 is 0 Å². The second-order valence-corrected chi connectivity index (χ2v) is 4.70. The summed E-state index contributed by atoms with van der Waals surface area (Å²) in [6.45, 7) is 7.41. The average molecular weight is 226 g/mol. The van der Waals surface area contributed by atoms with Gasteiger partial charge in [0.15, 0.2) is 0 Å². The average Bonchev–Trinajstić information content (AvgIpc) is 2.55. The van der Waals surface area contributed by atoms with Crippen molar-refractivity contribution in [3.8, 4) is 0 Å². The van der Waals surface area contributed by atoms with Gasteiger partial charge in [-0.15, -0.1) is 0 Å². The summed E-state index contributed by atoms with van der Waals surface area (Å²) in [6.07, 6.45) is 6.82. The van der Waals surface area contributed by atoms with E-state index in [9.17, 15) is 4.79 Å². The fraction of sp³-hybridized carbons (Fsp3) is 0.923. The summed E-state index contributed by atoms with van der Waals surface area (Å²) in [4.78, 5) is 14.2. The highest BCUT2D eigenvalue weighted by molar-refractivity contribution is 5.84. The number of carbonyl (C=O) groups excluding carboxylic acids is 1. The Kier molecular flexibility index (Phi) is 5.81. The fourth-order valence-corrected chi connectivity index (χ4v) is 2.35. The summed E-state index contributed by atoms with van der Waals surface area (Å²) in [5.41, 5.74) is 0. The van der Waals surface area contributed by atoms with Crippen LogP contribution in [0, 0.1) is 0 Å². The molecule has 1 fully saturated rings. The Morgan fingerprint density at radius 3 is 2.38 bits per heavy atom. The maximum absolute atomic E-state index is 12.1. The molecular formula is C13H26N2O. The SMILES string of the molecule is CCCCN1C(=O)C(CCC)NC1CCC. The number of rotatable bonds is 7. The molecule has 1 rings (SSSR count). The first-order valence-electron chi connectivity index (χ1n) is 6.81. The second-order valence-electron chi connectivity index (χ2n) is 4.70. The van der Waals surface area contributed by atoms with Crippen LogP contribution in [0.4, 0.5) is 0 Å². The van der Waals surface area contributed by atoms with Crippen molar-refractivity contribution < 1.29 is 4.79 Å². The Bertz CT molecular complexity index is 218. The van der Waals surface area contributed by atoms with Gasteiger partial charge in [-0.25, -0.2) is 0 Å². The number of unbranched alkanes of at least 4 members (excludes halogenated alkanes) is 1. The maximum Gasteiger partial charge on any atom is 0.241 e. The van der Waals surface area contributed by atoms with Gasteiger partial charge >= 0.3 is 0 Å². The van der Waals surface area contributed by atoms with Crippen molar-refractivity contribution >= 4 is 5.91 Å². The molecule has 0 saturated carbocycles. The van der Waals surface area contributed by atoms with E-state index in [2.05, 4.69) is 31.0 Å². The molecule has 0 aromatic rings. The first-order valence-corrected chi connectivity index (χ1v) is 6.81. The van der Waals surface area contributed by atoms with Crippen LogP contribution in [-0.4, -0.2) is 29.6 Å². The molecule has 1 N–H and O–H groups in total. The molecular weight excluding hydrogens is 200 g/mol. The van der Waals surface area contributed by atoms with E-state index in [1.165, 1.54) is 0 Å². The molecule has 1 aliphatic rings. The van der Waals surface area contributed by atoms with E-state index in [4.69, 9.17) is 0 Å². The molecule has 1 saturated heterocycles. The highest BCUT2D eigenvalue weighted by atomic mass is 16.2. The van der Waals surface area contributed by atoms with Gasteiger partial charge in [0.05, 0.1) is 12.2 Å². The minimum absolute atomic E-state index is 0.0819. The highest BCUT2D eigenvalue weighted by Gasteiger charge is 2.36. The molecule has 0 aromatic heterocycles. The third-order valence-corrected chi connectivity index (χ3v) is 3.24. The van der Waals surface area contributed by atoms with Gasteiger partial charge in [0.25, 0.3) is 0 Å². The number of amides is 1. The van der Waals surface area contributed by atoms with Crippen LogP contribution in [-0.2, 0) is 4.79 Å². The van der Waals surface area contributed by atoms with Crippen LogP contribution in [0.5, 0.6) is 0 Å². The Morgan fingerprint density at radius 2 is 1.81 bits per heavy atom. The molecule has 16 heavy (non-hydrogen) atoms. The topological polar surface area (TPSA) is 32.3 Å². The van der Waals surface area contributed by atoms with Crippen LogP contribution in [0.25, 0.3) is 0 Å². The van der Waals surface area contributed by atoms with Crippen molar-refractivity contribution in [2.75, 3.05) is 6.54 Å². The van der Waals surface area contributed by atoms with Gasteiger partial charge in [-0.3, -0.25) is 10.1 Å². The summed E-state index contributed by atoms with van der Waals surface area (Å²) in [5.74, 6) is 0.328. The van der Waals surface area contributed by atoms with Crippen molar-refractivity contribution in [1.29, 1.82) is 0 Å². The lowest BCUT2D eigenvalue weighted by molar-refractivity contribution is -0.130. The van der Waals surface area contributed by atoms with Crippen LogP contribution in [0.15, 0.2) is 0 Å². The largest absolute Gasteiger partial charge is 0.326 e. The first kappa shape index (κ1) is 13.5. The van der Waals surface area contributed by atoms with E-state index in [1.54, 1.807) is 0 Å². The number of hydrogen-bond acceptors (Lipinski definition) is 2. The Hall–Kier alpha value is -0.570. The molecule has 94 valence electrons. The second kappa shape index (κ2) is 6.89. The zero-order valence-electron chi connectivity index (χ0n) is 11.0. The molecule has 0 spiro atoms. The third-order valence-electron chi connectivity index (χ3n) is 3.24. The minimum Gasteiger partial charge on any atom is -0.326 e. The van der Waals surface area contributed by atoms with Crippen molar-refractivity contribution in [2.24, 2.45) is 0 Å². The van der Waals surface area contributed by atoms with Crippen LogP contribution < -0.4 is 5.32 Å². The van der Waals surface area contributed by atoms with Gasteiger partial charge in [-0.05, 0) is 19.3 Å². The van der Waals surface area contributed by atoms with Crippen molar-refractivity contribution in [3.05, 3.63) is 0 Å². The summed E-state index contributed by atoms with van der Waals surface area (Å²) < 4.78 is 0. The van der Waals surface area contributed by atoms with Gasteiger partial charge in [-0.1, -0.05) is 40.0 Å². The zero-order chi connectivity index (χ0) is 12.0. The Labute approximate surface area is 99.6 Å². The standard InChI is InChI=1S/C13H26N2O/c1-4-7-10-15-12(9-6-3)14-11(8-5-2)13(15)16/h11-12,14H,4-10H2,1-3H3. The van der Waals surface area contributed by atoms with Crippen molar-refractivity contribution in [1.82, 2.24) is 10.2 Å². The molecule has 0 bridgehead atoms. The summed E-state index contributed by atoms with van der Waals surface area (Å²) in [7, 11) is 0. The highest BCUT2D eigenvalue weighted by Crippen LogP contribution is 2.18. The summed E-state index contributed by atoms with van der Waals surface area (Å²) in [6, 6.07) is 0.0819. The lowest BCUT2D eigenvalue weighted by Gasteiger charge is -2.23. The van der Waals surface area contributed by atoms with Gasteiger partial charge in [-0.2, -0.15) is 0 Å². The number of nitrogens with one attached hydrogen (secondary N) is 1. The van der Waals surface area contributed by atoms with Gasteiger partial charge < -0.3 is 4.90 Å². The molecule has 3 heteroatoms. The molecule has 0 aliphatic carbocycles. The number of carbonyl (C=O) groups is 1. The van der Waals surface area contributed by atoms with E-state index in [0.29, 0.717) is 12.1 Å². The van der Waals surface area contributed by atoms with Gasteiger partial charge in [0.2, 0.25) is 5.91 Å². The van der Waals surface area contributed by atoms with Crippen LogP contribution in [0.3, 0.4) is 0 Å². The molecule has 3 nitrogen and oxygen atoms in total. The fourth-order valence-electron chi connectivity index (χ4n) is 2.35. The predicted molar refractivity (Wildman–Crippen MR) is 67.1 cm³/mol. The normalized spacial score (nSPS) is 25.4. The van der Waals surface area contributed by atoms with Crippen molar-refractivity contribution in [3.63, 3.8) is 0 Å². The minimum atomic E-state index is 0.0819. The molecule has 1 heterocycles. The predicted octanol–water partition coefficient (Wildman–Crippen LogP) is 2.51. The lowest BCUT2D eigenvalue weighted by Crippen LogP contribution is -2.37. The maximum atomic E-state index is 12.1. The molecule has 1 aliphatic heterocycles. The molecule has 2 unspecified atom stereocenters. The summed E-state index contributed by atoms with van der Waals surface area (Å²) >= 11 is 0. The monoisotopic (exact) mass is 226 g/mol. The molecule has 2 atom stereocenters. The smallest absolute Gasteiger partial charge is 0.241 e. The summed E-state index contributed by atoms with van der Waals surface area (Å²) in [5, 5.41) is 3.48. The molecule has 1 amide bonds. The van der Waals surface area contributed by atoms with E-state index in [0.717, 1.165) is 45.1 Å². The van der Waals surface area contributed by atoms with Gasteiger partial charge in [0, 0.05) is 6.54 Å². The van der Waals surface area contributed by atoms with E-state index in [1.807, 2.05) is 0 Å². The van der Waals surface area contributed by atoms with E-state index in [-0.39, 0.29) is 6.04 Å². The Balaban J connectivity index is 2.57.